The number of piperidine rings is 1. The molecule has 0 saturated carbocycles. The molecule has 2 aromatic rings. The minimum Gasteiger partial charge on any atom is -0.317 e. The van der Waals surface area contributed by atoms with Crippen LogP contribution in [0.5, 0.6) is 0 Å². The van der Waals surface area contributed by atoms with Gasteiger partial charge in [0, 0.05) is 17.8 Å². The molecule has 1 aliphatic heterocycles. The molecule has 2 aromatic heterocycles. The van der Waals surface area contributed by atoms with Crippen molar-refractivity contribution in [2.45, 2.75) is 44.9 Å². The van der Waals surface area contributed by atoms with Crippen molar-refractivity contribution in [3.8, 4) is 0 Å². The van der Waals surface area contributed by atoms with E-state index in [2.05, 4.69) is 33.7 Å². The standard InChI is InChI=1S/C18H25N5OS/c1-11-3-4-14-13(9-11)10-15(25-14)17(24)21-18-20-16(22-23(18)2)12-5-7-19-8-6-12/h10-12,19H,3-9H2,1-2H3,(H,20,21,22,24). The van der Waals surface area contributed by atoms with Crippen LogP contribution in [0, 0.1) is 5.92 Å². The zero-order valence-corrected chi connectivity index (χ0v) is 15.7. The minimum atomic E-state index is -0.0700. The molecule has 1 amide bonds. The third-order valence-electron chi connectivity index (χ3n) is 5.26. The van der Waals surface area contributed by atoms with Crippen LogP contribution in [0.25, 0.3) is 0 Å². The van der Waals surface area contributed by atoms with Gasteiger partial charge < -0.3 is 5.32 Å². The number of carbonyl (C=O) groups excluding carboxylic acids is 1. The summed E-state index contributed by atoms with van der Waals surface area (Å²) in [5, 5.41) is 10.8. The maximum Gasteiger partial charge on any atom is 0.268 e. The highest BCUT2D eigenvalue weighted by Gasteiger charge is 2.23. The number of carbonyl (C=O) groups is 1. The Balaban J connectivity index is 1.48. The molecule has 3 heterocycles. The van der Waals surface area contributed by atoms with E-state index in [-0.39, 0.29) is 5.91 Å². The van der Waals surface area contributed by atoms with Gasteiger partial charge in [0.25, 0.3) is 5.91 Å². The topological polar surface area (TPSA) is 71.8 Å². The Morgan fingerprint density at radius 2 is 2.16 bits per heavy atom. The maximum absolute atomic E-state index is 12.7. The second kappa shape index (κ2) is 6.88. The van der Waals surface area contributed by atoms with Gasteiger partial charge in [0.1, 0.15) is 0 Å². The number of hydrogen-bond acceptors (Lipinski definition) is 5. The van der Waals surface area contributed by atoms with Crippen molar-refractivity contribution >= 4 is 23.2 Å². The van der Waals surface area contributed by atoms with Gasteiger partial charge in [-0.25, -0.2) is 4.68 Å². The summed E-state index contributed by atoms with van der Waals surface area (Å²) >= 11 is 1.63. The number of aromatic nitrogens is 3. The number of amides is 1. The molecule has 2 N–H and O–H groups in total. The molecule has 0 bridgehead atoms. The summed E-state index contributed by atoms with van der Waals surface area (Å²) < 4.78 is 1.69. The lowest BCUT2D eigenvalue weighted by Crippen LogP contribution is -2.27. The van der Waals surface area contributed by atoms with E-state index in [1.807, 2.05) is 7.05 Å². The van der Waals surface area contributed by atoms with Crippen LogP contribution in [0.15, 0.2) is 6.07 Å². The van der Waals surface area contributed by atoms with E-state index in [9.17, 15) is 4.79 Å². The van der Waals surface area contributed by atoms with Gasteiger partial charge in [0.05, 0.1) is 4.88 Å². The van der Waals surface area contributed by atoms with E-state index in [4.69, 9.17) is 0 Å². The van der Waals surface area contributed by atoms with Crippen LogP contribution in [0.3, 0.4) is 0 Å². The second-order valence-corrected chi connectivity index (χ2v) is 8.44. The first kappa shape index (κ1) is 16.7. The molecule has 7 heteroatoms. The molecule has 0 aromatic carbocycles. The van der Waals surface area contributed by atoms with Gasteiger partial charge in [0.2, 0.25) is 5.95 Å². The molecule has 0 radical (unpaired) electrons. The van der Waals surface area contributed by atoms with Crippen molar-refractivity contribution in [1.29, 1.82) is 0 Å². The lowest BCUT2D eigenvalue weighted by atomic mass is 9.90. The van der Waals surface area contributed by atoms with Crippen molar-refractivity contribution < 1.29 is 4.79 Å². The third-order valence-corrected chi connectivity index (χ3v) is 6.50. The Labute approximate surface area is 152 Å². The molecule has 1 saturated heterocycles. The molecule has 1 unspecified atom stereocenters. The lowest BCUT2D eigenvalue weighted by Gasteiger charge is -2.19. The van der Waals surface area contributed by atoms with Crippen LogP contribution >= 0.6 is 11.3 Å². The summed E-state index contributed by atoms with van der Waals surface area (Å²) in [5.74, 6) is 2.41. The van der Waals surface area contributed by atoms with Crippen molar-refractivity contribution in [3.05, 3.63) is 27.2 Å². The quantitative estimate of drug-likeness (QED) is 0.884. The predicted octanol–water partition coefficient (Wildman–Crippen LogP) is 2.72. The Kier molecular flexibility index (Phi) is 4.60. The number of rotatable bonds is 3. The Morgan fingerprint density at radius 1 is 1.36 bits per heavy atom. The number of nitrogens with one attached hydrogen (secondary N) is 2. The first-order valence-corrected chi connectivity index (χ1v) is 9.96. The van der Waals surface area contributed by atoms with Gasteiger partial charge in [0.15, 0.2) is 5.82 Å². The van der Waals surface area contributed by atoms with Crippen molar-refractivity contribution in [2.24, 2.45) is 13.0 Å². The molecule has 4 rings (SSSR count). The monoisotopic (exact) mass is 359 g/mol. The molecule has 25 heavy (non-hydrogen) atoms. The molecule has 6 nitrogen and oxygen atoms in total. The Morgan fingerprint density at radius 3 is 2.96 bits per heavy atom. The summed E-state index contributed by atoms with van der Waals surface area (Å²) in [4.78, 5) is 19.4. The summed E-state index contributed by atoms with van der Waals surface area (Å²) in [6, 6.07) is 2.06. The van der Waals surface area contributed by atoms with Gasteiger partial charge in [-0.05, 0) is 62.7 Å². The second-order valence-electron chi connectivity index (χ2n) is 7.30. The van der Waals surface area contributed by atoms with Crippen LogP contribution in [0.1, 0.15) is 58.0 Å². The fourth-order valence-electron chi connectivity index (χ4n) is 3.75. The van der Waals surface area contributed by atoms with Crippen molar-refractivity contribution in [3.63, 3.8) is 0 Å². The van der Waals surface area contributed by atoms with E-state index in [0.29, 0.717) is 17.8 Å². The smallest absolute Gasteiger partial charge is 0.268 e. The van der Waals surface area contributed by atoms with Crippen LogP contribution < -0.4 is 10.6 Å². The molecule has 1 fully saturated rings. The first-order chi connectivity index (χ1) is 12.1. The van der Waals surface area contributed by atoms with Crippen LogP contribution in [-0.4, -0.2) is 33.8 Å². The highest BCUT2D eigenvalue weighted by molar-refractivity contribution is 7.14. The molecule has 0 spiro atoms. The normalized spacial score (nSPS) is 21.1. The van der Waals surface area contributed by atoms with E-state index in [1.54, 1.807) is 16.0 Å². The number of thiophene rings is 1. The Hall–Kier alpha value is -1.73. The van der Waals surface area contributed by atoms with Gasteiger partial charge in [-0.3, -0.25) is 10.1 Å². The summed E-state index contributed by atoms with van der Waals surface area (Å²) in [6.07, 6.45) is 5.50. The fraction of sp³-hybridized carbons (Fsp3) is 0.611. The molecular weight excluding hydrogens is 334 g/mol. The van der Waals surface area contributed by atoms with Gasteiger partial charge in [-0.2, -0.15) is 10.1 Å². The van der Waals surface area contributed by atoms with E-state index >= 15 is 0 Å². The van der Waals surface area contributed by atoms with Gasteiger partial charge in [-0.15, -0.1) is 11.3 Å². The highest BCUT2D eigenvalue weighted by atomic mass is 32.1. The van der Waals surface area contributed by atoms with Crippen LogP contribution in [0.4, 0.5) is 5.95 Å². The number of hydrogen-bond donors (Lipinski definition) is 2. The fourth-order valence-corrected chi connectivity index (χ4v) is 4.85. The number of fused-ring (bicyclic) bond motifs is 1. The highest BCUT2D eigenvalue weighted by Crippen LogP contribution is 2.32. The largest absolute Gasteiger partial charge is 0.317 e. The maximum atomic E-state index is 12.7. The molecule has 134 valence electrons. The summed E-state index contributed by atoms with van der Waals surface area (Å²) in [7, 11) is 1.84. The molecule has 1 atom stereocenters. The van der Waals surface area contributed by atoms with Crippen molar-refractivity contribution in [2.75, 3.05) is 18.4 Å². The third kappa shape index (κ3) is 3.48. The average Bonchev–Trinajstić information content (AvgIpc) is 3.19. The number of anilines is 1. The van der Waals surface area contributed by atoms with Crippen LogP contribution in [-0.2, 0) is 19.9 Å². The zero-order valence-electron chi connectivity index (χ0n) is 14.8. The number of aryl methyl sites for hydroxylation is 2. The average molecular weight is 359 g/mol. The molecular formula is C18H25N5OS. The molecule has 1 aliphatic carbocycles. The van der Waals surface area contributed by atoms with Crippen molar-refractivity contribution in [1.82, 2.24) is 20.1 Å². The van der Waals surface area contributed by atoms with Crippen LogP contribution in [0.2, 0.25) is 0 Å². The lowest BCUT2D eigenvalue weighted by molar-refractivity contribution is 0.102. The van der Waals surface area contributed by atoms with Gasteiger partial charge >= 0.3 is 0 Å². The summed E-state index contributed by atoms with van der Waals surface area (Å²) in [5.41, 5.74) is 1.35. The number of nitrogens with zero attached hydrogens (tertiary/aromatic N) is 3. The van der Waals surface area contributed by atoms with E-state index in [0.717, 1.165) is 49.5 Å². The Bertz CT molecular complexity index is 775. The molecule has 2 aliphatic rings. The van der Waals surface area contributed by atoms with E-state index < -0.39 is 0 Å². The predicted molar refractivity (Wildman–Crippen MR) is 99.3 cm³/mol. The minimum absolute atomic E-state index is 0.0700. The SMILES string of the molecule is CC1CCc2sc(C(=O)Nc3nc(C4CCNCC4)nn3C)cc2C1. The zero-order chi connectivity index (χ0) is 17.4. The summed E-state index contributed by atoms with van der Waals surface area (Å²) in [6.45, 7) is 4.29. The van der Waals surface area contributed by atoms with E-state index in [1.165, 1.54) is 16.9 Å². The first-order valence-electron chi connectivity index (χ1n) is 9.14. The van der Waals surface area contributed by atoms with Gasteiger partial charge in [-0.1, -0.05) is 6.92 Å².